The lowest BCUT2D eigenvalue weighted by Crippen LogP contribution is -2.43. The van der Waals surface area contributed by atoms with Crippen molar-refractivity contribution in [3.05, 3.63) is 53.6 Å². The first-order valence-electron chi connectivity index (χ1n) is 9.10. The number of hydrogen-bond donors (Lipinski definition) is 0. The second kappa shape index (κ2) is 6.42. The van der Waals surface area contributed by atoms with Crippen LogP contribution in [0, 0.1) is 6.92 Å². The molecule has 2 atom stereocenters. The molecule has 0 radical (unpaired) electrons. The number of imidazole rings is 1. The van der Waals surface area contributed by atoms with Gasteiger partial charge >= 0.3 is 0 Å². The maximum atomic E-state index is 13.2. The zero-order chi connectivity index (χ0) is 16.5. The van der Waals surface area contributed by atoms with E-state index in [0.717, 1.165) is 51.0 Å². The molecule has 4 rings (SSSR count). The number of carbonyl (C=O) groups excluding carboxylic acids is 1. The minimum atomic E-state index is 0.0533. The van der Waals surface area contributed by atoms with Crippen LogP contribution in [-0.4, -0.2) is 33.4 Å². The Labute approximate surface area is 143 Å². The van der Waals surface area contributed by atoms with E-state index < -0.39 is 0 Å². The molecule has 1 aliphatic carbocycles. The molecular formula is C20H25N3O. The maximum absolute atomic E-state index is 13.2. The van der Waals surface area contributed by atoms with Crippen molar-refractivity contribution in [3.8, 4) is 0 Å². The van der Waals surface area contributed by atoms with Gasteiger partial charge in [-0.1, -0.05) is 24.3 Å². The van der Waals surface area contributed by atoms with E-state index in [2.05, 4.69) is 38.7 Å². The van der Waals surface area contributed by atoms with Gasteiger partial charge in [-0.05, 0) is 50.2 Å². The van der Waals surface area contributed by atoms with Crippen LogP contribution in [0.4, 0.5) is 0 Å². The molecule has 0 spiro atoms. The Kier molecular flexibility index (Phi) is 4.13. The largest absolute Gasteiger partial charge is 0.340 e. The number of rotatable bonds is 2. The van der Waals surface area contributed by atoms with Crippen LogP contribution in [0.1, 0.15) is 54.6 Å². The van der Waals surface area contributed by atoms with Gasteiger partial charge in [-0.2, -0.15) is 0 Å². The first-order chi connectivity index (χ1) is 11.7. The molecule has 0 unspecified atom stereocenters. The first kappa shape index (κ1) is 15.4. The summed E-state index contributed by atoms with van der Waals surface area (Å²) in [6.07, 6.45) is 9.31. The molecule has 4 heteroatoms. The Hall–Kier alpha value is -2.10. The van der Waals surface area contributed by atoms with E-state index in [1.54, 1.807) is 0 Å². The van der Waals surface area contributed by atoms with Crippen LogP contribution in [0.25, 0.3) is 0 Å². The molecule has 126 valence electrons. The second-order valence-electron chi connectivity index (χ2n) is 7.11. The summed E-state index contributed by atoms with van der Waals surface area (Å²) in [5.74, 6) is 1.42. The Morgan fingerprint density at radius 2 is 2.08 bits per heavy atom. The van der Waals surface area contributed by atoms with E-state index in [0.29, 0.717) is 11.9 Å². The second-order valence-corrected chi connectivity index (χ2v) is 7.11. The average molecular weight is 323 g/mol. The van der Waals surface area contributed by atoms with Gasteiger partial charge < -0.3 is 9.47 Å². The minimum absolute atomic E-state index is 0.0533. The third kappa shape index (κ3) is 2.74. The van der Waals surface area contributed by atoms with Crippen molar-refractivity contribution in [1.82, 2.24) is 14.5 Å². The van der Waals surface area contributed by atoms with Gasteiger partial charge in [-0.15, -0.1) is 0 Å². The lowest BCUT2D eigenvalue weighted by atomic mass is 9.81. The van der Waals surface area contributed by atoms with Crippen molar-refractivity contribution >= 4 is 5.91 Å². The van der Waals surface area contributed by atoms with Crippen molar-refractivity contribution in [2.75, 3.05) is 13.1 Å². The molecule has 0 saturated carbocycles. The molecule has 1 fully saturated rings. The Morgan fingerprint density at radius 3 is 2.92 bits per heavy atom. The fourth-order valence-corrected chi connectivity index (χ4v) is 4.39. The lowest BCUT2D eigenvalue weighted by Gasteiger charge is -2.37. The number of fused-ring (bicyclic) bond motifs is 1. The fourth-order valence-electron chi connectivity index (χ4n) is 4.39. The highest BCUT2D eigenvalue weighted by Crippen LogP contribution is 2.34. The van der Waals surface area contributed by atoms with Gasteiger partial charge in [0.05, 0.1) is 12.0 Å². The Morgan fingerprint density at radius 1 is 1.21 bits per heavy atom. The molecule has 0 N–H and O–H groups in total. The quantitative estimate of drug-likeness (QED) is 0.849. The van der Waals surface area contributed by atoms with E-state index in [1.807, 2.05) is 19.3 Å². The number of nitrogens with zero attached hydrogens (tertiary/aromatic N) is 3. The van der Waals surface area contributed by atoms with Crippen molar-refractivity contribution in [2.45, 2.75) is 51.0 Å². The summed E-state index contributed by atoms with van der Waals surface area (Å²) in [4.78, 5) is 19.7. The van der Waals surface area contributed by atoms with Crippen molar-refractivity contribution in [1.29, 1.82) is 0 Å². The zero-order valence-corrected chi connectivity index (χ0v) is 14.3. The van der Waals surface area contributed by atoms with Crippen LogP contribution in [0.2, 0.25) is 0 Å². The summed E-state index contributed by atoms with van der Waals surface area (Å²) in [6.45, 7) is 3.74. The molecule has 2 aromatic rings. The monoisotopic (exact) mass is 323 g/mol. The third-order valence-electron chi connectivity index (χ3n) is 5.63. The molecule has 1 aromatic carbocycles. The third-order valence-corrected chi connectivity index (χ3v) is 5.63. The van der Waals surface area contributed by atoms with Gasteiger partial charge in [0.15, 0.2) is 0 Å². The summed E-state index contributed by atoms with van der Waals surface area (Å²) < 4.78 is 2.23. The average Bonchev–Trinajstić information content (AvgIpc) is 3.07. The smallest absolute Gasteiger partial charge is 0.230 e. The van der Waals surface area contributed by atoms with E-state index >= 15 is 0 Å². The van der Waals surface area contributed by atoms with Crippen molar-refractivity contribution in [2.24, 2.45) is 0 Å². The molecular weight excluding hydrogens is 298 g/mol. The molecule has 1 amide bonds. The first-order valence-corrected chi connectivity index (χ1v) is 9.10. The highest BCUT2D eigenvalue weighted by Gasteiger charge is 2.32. The normalized spacial score (nSPS) is 23.8. The van der Waals surface area contributed by atoms with Crippen LogP contribution in [0.3, 0.4) is 0 Å². The summed E-state index contributed by atoms with van der Waals surface area (Å²) in [7, 11) is 0. The van der Waals surface area contributed by atoms with Crippen LogP contribution in [0.5, 0.6) is 0 Å². The topological polar surface area (TPSA) is 38.1 Å². The molecule has 2 heterocycles. The molecule has 1 saturated heterocycles. The molecule has 1 aliphatic heterocycles. The van der Waals surface area contributed by atoms with Gasteiger partial charge in [0, 0.05) is 25.5 Å². The zero-order valence-electron chi connectivity index (χ0n) is 14.3. The number of likely N-dealkylation sites (tertiary alicyclic amines) is 1. The maximum Gasteiger partial charge on any atom is 0.230 e. The SMILES string of the molecule is Cc1nccn1[C@@H]1CCCN(C(=O)[C@@H]2CCCc3ccccc32)C1. The Balaban J connectivity index is 1.54. The van der Waals surface area contributed by atoms with Crippen LogP contribution >= 0.6 is 0 Å². The summed E-state index contributed by atoms with van der Waals surface area (Å²) in [5, 5.41) is 0. The highest BCUT2D eigenvalue weighted by molar-refractivity contribution is 5.84. The molecule has 24 heavy (non-hydrogen) atoms. The number of benzene rings is 1. The predicted molar refractivity (Wildman–Crippen MR) is 93.9 cm³/mol. The summed E-state index contributed by atoms with van der Waals surface area (Å²) >= 11 is 0. The number of aryl methyl sites for hydroxylation is 2. The van der Waals surface area contributed by atoms with E-state index in [-0.39, 0.29) is 5.92 Å². The number of amides is 1. The number of hydrogen-bond acceptors (Lipinski definition) is 2. The van der Waals surface area contributed by atoms with Crippen molar-refractivity contribution in [3.63, 3.8) is 0 Å². The van der Waals surface area contributed by atoms with Gasteiger partial charge in [-0.3, -0.25) is 4.79 Å². The molecule has 1 aromatic heterocycles. The van der Waals surface area contributed by atoms with Gasteiger partial charge in [0.25, 0.3) is 0 Å². The van der Waals surface area contributed by atoms with Crippen molar-refractivity contribution < 1.29 is 4.79 Å². The number of aromatic nitrogens is 2. The lowest BCUT2D eigenvalue weighted by molar-refractivity contribution is -0.134. The fraction of sp³-hybridized carbons (Fsp3) is 0.500. The minimum Gasteiger partial charge on any atom is -0.340 e. The highest BCUT2D eigenvalue weighted by atomic mass is 16.2. The van der Waals surface area contributed by atoms with Gasteiger partial charge in [-0.25, -0.2) is 4.98 Å². The molecule has 4 nitrogen and oxygen atoms in total. The summed E-state index contributed by atoms with van der Waals surface area (Å²) in [5.41, 5.74) is 2.62. The van der Waals surface area contributed by atoms with Crippen LogP contribution < -0.4 is 0 Å². The van der Waals surface area contributed by atoms with E-state index in [1.165, 1.54) is 11.1 Å². The van der Waals surface area contributed by atoms with E-state index in [9.17, 15) is 4.79 Å². The number of piperidine rings is 1. The molecule has 0 bridgehead atoms. The van der Waals surface area contributed by atoms with Gasteiger partial charge in [0.1, 0.15) is 5.82 Å². The van der Waals surface area contributed by atoms with Crippen LogP contribution in [0.15, 0.2) is 36.7 Å². The summed E-state index contributed by atoms with van der Waals surface area (Å²) in [6, 6.07) is 8.85. The number of carbonyl (C=O) groups is 1. The Bertz CT molecular complexity index is 736. The van der Waals surface area contributed by atoms with Crippen LogP contribution in [-0.2, 0) is 11.2 Å². The molecule has 2 aliphatic rings. The standard InChI is InChI=1S/C20H25N3O/c1-15-21-11-13-23(15)17-8-5-12-22(14-17)20(24)19-10-4-7-16-6-2-3-9-18(16)19/h2-3,6,9,11,13,17,19H,4-5,7-8,10,12,14H2,1H3/t17-,19-/m1/s1. The predicted octanol–water partition coefficient (Wildman–Crippen LogP) is 3.48. The van der Waals surface area contributed by atoms with Gasteiger partial charge in [0.2, 0.25) is 5.91 Å². The van der Waals surface area contributed by atoms with E-state index in [4.69, 9.17) is 0 Å².